The van der Waals surface area contributed by atoms with Gasteiger partial charge in [-0.2, -0.15) is 0 Å². The molecular formula is C19H24BrN3O4. The second-order valence-corrected chi connectivity index (χ2v) is 8.27. The summed E-state index contributed by atoms with van der Waals surface area (Å²) in [5.74, 6) is 0.635. The van der Waals surface area contributed by atoms with Crippen LogP contribution in [0.25, 0.3) is 10.9 Å². The van der Waals surface area contributed by atoms with Gasteiger partial charge in [0.2, 0.25) is 0 Å². The van der Waals surface area contributed by atoms with Crippen LogP contribution in [0.2, 0.25) is 0 Å². The Morgan fingerprint density at radius 1 is 1.37 bits per heavy atom. The molecule has 1 aromatic carbocycles. The largest absolute Gasteiger partial charge is 0.493 e. The zero-order chi connectivity index (χ0) is 19.8. The quantitative estimate of drug-likeness (QED) is 0.683. The highest BCUT2D eigenvalue weighted by Crippen LogP contribution is 2.40. The van der Waals surface area contributed by atoms with E-state index in [0.29, 0.717) is 25.3 Å². The van der Waals surface area contributed by atoms with Gasteiger partial charge in [0.15, 0.2) is 0 Å². The Hall–Kier alpha value is -2.22. The first kappa shape index (κ1) is 19.5. The lowest BCUT2D eigenvalue weighted by molar-refractivity contribution is 0.0528. The number of fused-ring (bicyclic) bond motifs is 3. The number of rotatable bonds is 4. The number of aromatic nitrogens is 1. The van der Waals surface area contributed by atoms with Crippen molar-refractivity contribution >= 4 is 38.8 Å². The molecule has 0 aliphatic carbocycles. The van der Waals surface area contributed by atoms with E-state index in [1.54, 1.807) is 7.05 Å². The van der Waals surface area contributed by atoms with E-state index in [9.17, 15) is 9.59 Å². The lowest BCUT2D eigenvalue weighted by Crippen LogP contribution is -2.33. The van der Waals surface area contributed by atoms with Gasteiger partial charge in [0.05, 0.1) is 12.1 Å². The van der Waals surface area contributed by atoms with E-state index in [0.717, 1.165) is 38.7 Å². The number of benzene rings is 1. The number of halogens is 1. The minimum atomic E-state index is -0.554. The number of H-pyrrole nitrogens is 1. The first-order valence-electron chi connectivity index (χ1n) is 8.89. The lowest BCUT2D eigenvalue weighted by atomic mass is 10.0. The van der Waals surface area contributed by atoms with Crippen molar-refractivity contribution in [2.75, 3.05) is 20.2 Å². The molecule has 0 atom stereocenters. The predicted octanol–water partition coefficient (Wildman–Crippen LogP) is 3.29. The third kappa shape index (κ3) is 4.05. The normalized spacial score (nSPS) is 13.2. The average molecular weight is 438 g/mol. The Morgan fingerprint density at radius 2 is 2.11 bits per heavy atom. The molecule has 0 bridgehead atoms. The summed E-state index contributed by atoms with van der Waals surface area (Å²) in [6.07, 6.45) is 0.806. The number of hydrogen-bond acceptors (Lipinski definition) is 4. The Morgan fingerprint density at radius 3 is 2.78 bits per heavy atom. The molecular weight excluding hydrogens is 414 g/mol. The van der Waals surface area contributed by atoms with Crippen LogP contribution in [0.5, 0.6) is 5.75 Å². The van der Waals surface area contributed by atoms with Crippen molar-refractivity contribution in [2.45, 2.75) is 39.2 Å². The van der Waals surface area contributed by atoms with Gasteiger partial charge >= 0.3 is 6.09 Å². The van der Waals surface area contributed by atoms with Crippen molar-refractivity contribution in [3.63, 3.8) is 0 Å². The minimum absolute atomic E-state index is 0.196. The van der Waals surface area contributed by atoms with Crippen molar-refractivity contribution < 1.29 is 19.1 Å². The second-order valence-electron chi connectivity index (χ2n) is 7.42. The van der Waals surface area contributed by atoms with Crippen molar-refractivity contribution in [3.8, 4) is 5.75 Å². The zero-order valence-corrected chi connectivity index (χ0v) is 17.5. The Bertz CT molecular complexity index is 899. The smallest absolute Gasteiger partial charge is 0.407 e. The number of carbonyl (C=O) groups excluding carboxylic acids is 2. The van der Waals surface area contributed by atoms with Gasteiger partial charge < -0.3 is 25.1 Å². The van der Waals surface area contributed by atoms with Crippen LogP contribution < -0.4 is 15.4 Å². The molecule has 0 spiro atoms. The van der Waals surface area contributed by atoms with E-state index in [4.69, 9.17) is 9.47 Å². The molecule has 7 nitrogen and oxygen atoms in total. The molecule has 1 aliphatic heterocycles. The molecule has 8 heteroatoms. The summed E-state index contributed by atoms with van der Waals surface area (Å²) >= 11 is 3.56. The highest BCUT2D eigenvalue weighted by atomic mass is 79.9. The fourth-order valence-electron chi connectivity index (χ4n) is 3.26. The number of hydrogen-bond donors (Lipinski definition) is 3. The van der Waals surface area contributed by atoms with E-state index in [-0.39, 0.29) is 5.91 Å². The fraction of sp³-hybridized carbons (Fsp3) is 0.474. The molecule has 2 aromatic rings. The molecule has 0 saturated carbocycles. The number of amides is 2. The van der Waals surface area contributed by atoms with Gasteiger partial charge in [-0.25, -0.2) is 4.79 Å². The highest BCUT2D eigenvalue weighted by Gasteiger charge is 2.26. The van der Waals surface area contributed by atoms with Crippen LogP contribution in [0.15, 0.2) is 10.5 Å². The number of nitrogens with one attached hydrogen (secondary N) is 3. The van der Waals surface area contributed by atoms with Gasteiger partial charge in [-0.3, -0.25) is 4.79 Å². The van der Waals surface area contributed by atoms with E-state index >= 15 is 0 Å². The molecule has 1 aliphatic rings. The Balaban J connectivity index is 1.93. The number of carbonyl (C=O) groups is 2. The van der Waals surface area contributed by atoms with E-state index in [2.05, 4.69) is 31.5 Å². The minimum Gasteiger partial charge on any atom is -0.493 e. The van der Waals surface area contributed by atoms with Crippen molar-refractivity contribution in [1.29, 1.82) is 0 Å². The number of ether oxygens (including phenoxy) is 2. The molecule has 27 heavy (non-hydrogen) atoms. The summed E-state index contributed by atoms with van der Waals surface area (Å²) in [6, 6.07) is 1.93. The highest BCUT2D eigenvalue weighted by molar-refractivity contribution is 9.10. The van der Waals surface area contributed by atoms with Crippen LogP contribution in [0.4, 0.5) is 4.79 Å². The van der Waals surface area contributed by atoms with Crippen molar-refractivity contribution in [2.24, 2.45) is 0 Å². The van der Waals surface area contributed by atoms with Crippen LogP contribution in [0.1, 0.15) is 42.4 Å². The maximum absolute atomic E-state index is 12.4. The lowest BCUT2D eigenvalue weighted by Gasteiger charge is -2.19. The second kappa shape index (κ2) is 7.42. The fourth-order valence-corrected chi connectivity index (χ4v) is 3.77. The van der Waals surface area contributed by atoms with Crippen LogP contribution >= 0.6 is 15.9 Å². The molecule has 1 aromatic heterocycles. The van der Waals surface area contributed by atoms with E-state index in [1.807, 2.05) is 26.8 Å². The third-order valence-corrected chi connectivity index (χ3v) is 4.93. The molecule has 2 heterocycles. The molecule has 2 amide bonds. The van der Waals surface area contributed by atoms with Gasteiger partial charge in [-0.1, -0.05) is 0 Å². The average Bonchev–Trinajstić information content (AvgIpc) is 3.17. The van der Waals surface area contributed by atoms with Crippen LogP contribution in [-0.4, -0.2) is 42.8 Å². The molecule has 0 saturated heterocycles. The molecule has 146 valence electrons. The summed E-state index contributed by atoms with van der Waals surface area (Å²) in [4.78, 5) is 27.5. The van der Waals surface area contributed by atoms with Gasteiger partial charge in [-0.05, 0) is 54.8 Å². The maximum atomic E-state index is 12.4. The zero-order valence-electron chi connectivity index (χ0n) is 15.9. The van der Waals surface area contributed by atoms with Crippen LogP contribution in [0, 0.1) is 0 Å². The number of alkyl carbamates (subject to hydrolysis) is 1. The SMILES string of the molecule is CNC(=O)c1[nH]c2c(Br)cc3c(c2c1CCNC(=O)OC(C)(C)C)CCO3. The molecule has 3 N–H and O–H groups in total. The van der Waals surface area contributed by atoms with Crippen LogP contribution in [0.3, 0.4) is 0 Å². The molecule has 0 radical (unpaired) electrons. The Labute approximate surface area is 166 Å². The number of aromatic amines is 1. The third-order valence-electron chi connectivity index (χ3n) is 4.31. The molecule has 3 rings (SSSR count). The van der Waals surface area contributed by atoms with Gasteiger partial charge in [0.25, 0.3) is 5.91 Å². The summed E-state index contributed by atoms with van der Waals surface area (Å²) in [7, 11) is 1.60. The van der Waals surface area contributed by atoms with Gasteiger partial charge in [0.1, 0.15) is 17.0 Å². The monoisotopic (exact) mass is 437 g/mol. The van der Waals surface area contributed by atoms with Gasteiger partial charge in [0, 0.05) is 35.4 Å². The predicted molar refractivity (Wildman–Crippen MR) is 107 cm³/mol. The first-order valence-corrected chi connectivity index (χ1v) is 9.68. The first-order chi connectivity index (χ1) is 12.7. The van der Waals surface area contributed by atoms with Crippen molar-refractivity contribution in [1.82, 2.24) is 15.6 Å². The summed E-state index contributed by atoms with van der Waals surface area (Å²) < 4.78 is 11.8. The molecule has 0 fully saturated rings. The van der Waals surface area contributed by atoms with Gasteiger partial charge in [-0.15, -0.1) is 0 Å². The molecule has 0 unspecified atom stereocenters. The summed E-state index contributed by atoms with van der Waals surface area (Å²) in [5, 5.41) is 6.42. The summed E-state index contributed by atoms with van der Waals surface area (Å²) in [5.41, 5.74) is 2.76. The summed E-state index contributed by atoms with van der Waals surface area (Å²) in [6.45, 7) is 6.43. The van der Waals surface area contributed by atoms with Crippen molar-refractivity contribution in [3.05, 3.63) is 27.4 Å². The Kier molecular flexibility index (Phi) is 5.37. The topological polar surface area (TPSA) is 92.5 Å². The van der Waals surface area contributed by atoms with Crippen LogP contribution in [-0.2, 0) is 17.6 Å². The maximum Gasteiger partial charge on any atom is 0.407 e. The standard InChI is InChI=1S/C19H24BrN3O4/c1-19(2,3)27-18(25)22-7-5-11-14-10-6-8-26-13(10)9-12(20)16(14)23-15(11)17(24)21-4/h9,23H,5-8H2,1-4H3,(H,21,24)(H,22,25). The van der Waals surface area contributed by atoms with E-state index < -0.39 is 11.7 Å². The van der Waals surface area contributed by atoms with E-state index in [1.165, 1.54) is 0 Å².